The first-order chi connectivity index (χ1) is 18.1. The van der Waals surface area contributed by atoms with Crippen molar-refractivity contribution < 1.29 is 33.8 Å². The van der Waals surface area contributed by atoms with Gasteiger partial charge in [-0.1, -0.05) is 42.5 Å². The van der Waals surface area contributed by atoms with Gasteiger partial charge in [-0.05, 0) is 43.5 Å². The first kappa shape index (κ1) is 28.8. The number of Topliss-reactive ketones (excluding diaryl/α,β-unsaturated/α-hetero) is 1. The lowest BCUT2D eigenvalue weighted by Gasteiger charge is -2.25. The van der Waals surface area contributed by atoms with Gasteiger partial charge in [0.05, 0.1) is 26.4 Å². The number of aliphatic hydroxyl groups is 1. The van der Waals surface area contributed by atoms with E-state index in [-0.39, 0.29) is 38.3 Å². The zero-order valence-corrected chi connectivity index (χ0v) is 21.9. The van der Waals surface area contributed by atoms with Gasteiger partial charge in [-0.2, -0.15) is 0 Å². The van der Waals surface area contributed by atoms with Crippen molar-refractivity contribution in [2.24, 2.45) is 0 Å². The molecule has 1 aliphatic rings. The fraction of sp³-hybridized carbons (Fsp3) is 0.429. The van der Waals surface area contributed by atoms with E-state index < -0.39 is 41.4 Å². The summed E-state index contributed by atoms with van der Waals surface area (Å²) in [4.78, 5) is 51.5. The van der Waals surface area contributed by atoms with Crippen LogP contribution in [0.5, 0.6) is 5.75 Å². The molecule has 0 aromatic heterocycles. The SMILES string of the molecule is COc1ccc(C[C@H](NC(=O)[C@H](C)NC(=O)CCO)C(=O)N[C@@H](Cc2ccccc2)C(=O)[C@@]2(C)CO2)cc1. The van der Waals surface area contributed by atoms with E-state index in [1.54, 1.807) is 38.3 Å². The van der Waals surface area contributed by atoms with E-state index in [0.29, 0.717) is 5.75 Å². The summed E-state index contributed by atoms with van der Waals surface area (Å²) in [7, 11) is 1.55. The number of rotatable bonds is 14. The number of ether oxygens (including phenoxy) is 2. The maximum absolute atomic E-state index is 13.5. The third kappa shape index (κ3) is 8.12. The zero-order chi connectivity index (χ0) is 27.7. The van der Waals surface area contributed by atoms with Crippen molar-refractivity contribution in [2.75, 3.05) is 20.3 Å². The largest absolute Gasteiger partial charge is 0.497 e. The maximum atomic E-state index is 13.5. The molecule has 10 heteroatoms. The number of hydrogen-bond donors (Lipinski definition) is 4. The molecule has 0 bridgehead atoms. The van der Waals surface area contributed by atoms with E-state index in [0.717, 1.165) is 11.1 Å². The van der Waals surface area contributed by atoms with Crippen molar-refractivity contribution >= 4 is 23.5 Å². The van der Waals surface area contributed by atoms with Gasteiger partial charge < -0.3 is 30.5 Å². The lowest BCUT2D eigenvalue weighted by molar-refractivity contribution is -0.134. The topological polar surface area (TPSA) is 146 Å². The van der Waals surface area contributed by atoms with Gasteiger partial charge >= 0.3 is 0 Å². The normalized spacial score (nSPS) is 18.4. The Bertz CT molecular complexity index is 1120. The Kier molecular flexibility index (Phi) is 9.98. The summed E-state index contributed by atoms with van der Waals surface area (Å²) in [5.41, 5.74) is 0.672. The molecule has 1 fully saturated rings. The number of epoxide rings is 1. The van der Waals surface area contributed by atoms with Gasteiger partial charge in [-0.3, -0.25) is 19.2 Å². The van der Waals surface area contributed by atoms with Crippen LogP contribution in [0.15, 0.2) is 54.6 Å². The zero-order valence-electron chi connectivity index (χ0n) is 21.9. The van der Waals surface area contributed by atoms with Crippen LogP contribution in [0.4, 0.5) is 0 Å². The van der Waals surface area contributed by atoms with Gasteiger partial charge in [0, 0.05) is 12.8 Å². The van der Waals surface area contributed by atoms with Crippen molar-refractivity contribution in [2.45, 2.75) is 56.8 Å². The van der Waals surface area contributed by atoms with Crippen molar-refractivity contribution in [1.82, 2.24) is 16.0 Å². The first-order valence-corrected chi connectivity index (χ1v) is 12.5. The minimum absolute atomic E-state index is 0.138. The summed E-state index contributed by atoms with van der Waals surface area (Å²) in [6.07, 6.45) is 0.261. The lowest BCUT2D eigenvalue weighted by atomic mass is 9.94. The standard InChI is InChI=1S/C28H35N3O7/c1-18(29-24(33)13-14-32)26(35)31-23(16-20-9-11-21(37-3)12-10-20)27(36)30-22(25(34)28(2)17-38-28)15-19-7-5-4-6-8-19/h4-12,18,22-23,32H,13-17H2,1-3H3,(H,29,33)(H,30,36)(H,31,35)/t18-,22-,23-,28+/m0/s1. The Morgan fingerprint density at radius 1 is 0.921 bits per heavy atom. The highest BCUT2D eigenvalue weighted by atomic mass is 16.6. The summed E-state index contributed by atoms with van der Waals surface area (Å²) in [6, 6.07) is 13.5. The van der Waals surface area contributed by atoms with E-state index in [9.17, 15) is 19.2 Å². The van der Waals surface area contributed by atoms with Crippen LogP contribution in [0.25, 0.3) is 0 Å². The molecule has 1 saturated heterocycles. The number of carbonyl (C=O) groups is 4. The summed E-state index contributed by atoms with van der Waals surface area (Å²) < 4.78 is 10.5. The summed E-state index contributed by atoms with van der Waals surface area (Å²) in [5.74, 6) is -1.20. The molecule has 1 heterocycles. The van der Waals surface area contributed by atoms with Gasteiger partial charge in [0.2, 0.25) is 17.7 Å². The van der Waals surface area contributed by atoms with Crippen LogP contribution in [-0.4, -0.2) is 72.7 Å². The quantitative estimate of drug-likeness (QED) is 0.266. The average Bonchev–Trinajstić information content (AvgIpc) is 3.66. The number of ketones is 1. The molecule has 1 aliphatic heterocycles. The van der Waals surface area contributed by atoms with Crippen LogP contribution in [-0.2, 0) is 36.8 Å². The second-order valence-corrected chi connectivity index (χ2v) is 9.51. The Morgan fingerprint density at radius 2 is 1.50 bits per heavy atom. The predicted octanol–water partition coefficient (Wildman–Crippen LogP) is 0.695. The van der Waals surface area contributed by atoms with Crippen molar-refractivity contribution in [1.29, 1.82) is 0 Å². The summed E-state index contributed by atoms with van der Waals surface area (Å²) in [6.45, 7) is 3.11. The van der Waals surface area contributed by atoms with Gasteiger partial charge in [0.1, 0.15) is 23.4 Å². The molecule has 0 spiro atoms. The van der Waals surface area contributed by atoms with Gasteiger partial charge in [0.25, 0.3) is 0 Å². The second kappa shape index (κ2) is 13.2. The van der Waals surface area contributed by atoms with E-state index in [1.807, 2.05) is 30.3 Å². The van der Waals surface area contributed by atoms with Gasteiger partial charge in [0.15, 0.2) is 5.78 Å². The molecule has 0 unspecified atom stereocenters. The van der Waals surface area contributed by atoms with E-state index in [4.69, 9.17) is 14.6 Å². The number of carbonyl (C=O) groups excluding carboxylic acids is 4. The molecular formula is C28H35N3O7. The highest BCUT2D eigenvalue weighted by Crippen LogP contribution is 2.29. The van der Waals surface area contributed by atoms with Crippen LogP contribution < -0.4 is 20.7 Å². The highest BCUT2D eigenvalue weighted by molar-refractivity contribution is 5.98. The minimum Gasteiger partial charge on any atom is -0.497 e. The van der Waals surface area contributed by atoms with Crippen LogP contribution in [0.2, 0.25) is 0 Å². The average molecular weight is 526 g/mol. The summed E-state index contributed by atoms with van der Waals surface area (Å²) in [5, 5.41) is 17.0. The Balaban J connectivity index is 1.79. The van der Waals surface area contributed by atoms with Crippen molar-refractivity contribution in [3.05, 3.63) is 65.7 Å². The second-order valence-electron chi connectivity index (χ2n) is 9.51. The highest BCUT2D eigenvalue weighted by Gasteiger charge is 2.50. The predicted molar refractivity (Wildman–Crippen MR) is 139 cm³/mol. The van der Waals surface area contributed by atoms with E-state index in [2.05, 4.69) is 16.0 Å². The molecule has 10 nitrogen and oxygen atoms in total. The van der Waals surface area contributed by atoms with Crippen LogP contribution >= 0.6 is 0 Å². The molecule has 38 heavy (non-hydrogen) atoms. The van der Waals surface area contributed by atoms with Gasteiger partial charge in [-0.25, -0.2) is 0 Å². The minimum atomic E-state index is -1.04. The number of amides is 3. The molecule has 0 radical (unpaired) electrons. The summed E-state index contributed by atoms with van der Waals surface area (Å²) >= 11 is 0. The first-order valence-electron chi connectivity index (χ1n) is 12.5. The molecule has 0 saturated carbocycles. The van der Waals surface area contributed by atoms with Crippen LogP contribution in [0.3, 0.4) is 0 Å². The molecule has 2 aromatic carbocycles. The smallest absolute Gasteiger partial charge is 0.243 e. The lowest BCUT2D eigenvalue weighted by Crippen LogP contribution is -2.57. The fourth-order valence-electron chi connectivity index (χ4n) is 3.93. The monoisotopic (exact) mass is 525 g/mol. The number of aliphatic hydroxyl groups excluding tert-OH is 1. The van der Waals surface area contributed by atoms with Crippen molar-refractivity contribution in [3.8, 4) is 5.75 Å². The molecule has 2 aromatic rings. The Morgan fingerprint density at radius 3 is 2.08 bits per heavy atom. The maximum Gasteiger partial charge on any atom is 0.243 e. The Hall–Kier alpha value is -3.76. The molecular weight excluding hydrogens is 490 g/mol. The van der Waals surface area contributed by atoms with E-state index in [1.165, 1.54) is 6.92 Å². The molecule has 204 valence electrons. The molecule has 3 amide bonds. The van der Waals surface area contributed by atoms with Crippen LogP contribution in [0, 0.1) is 0 Å². The van der Waals surface area contributed by atoms with E-state index >= 15 is 0 Å². The molecule has 4 atom stereocenters. The Labute approximate surface area is 222 Å². The third-order valence-corrected chi connectivity index (χ3v) is 6.36. The molecule has 0 aliphatic carbocycles. The number of benzene rings is 2. The molecule has 3 rings (SSSR count). The number of methoxy groups -OCH3 is 1. The number of hydrogen-bond acceptors (Lipinski definition) is 7. The fourth-order valence-corrected chi connectivity index (χ4v) is 3.93. The molecule has 4 N–H and O–H groups in total. The third-order valence-electron chi connectivity index (χ3n) is 6.36. The number of nitrogens with one attached hydrogen (secondary N) is 3. The van der Waals surface area contributed by atoms with Crippen molar-refractivity contribution in [3.63, 3.8) is 0 Å². The van der Waals surface area contributed by atoms with Gasteiger partial charge in [-0.15, -0.1) is 0 Å². The van der Waals surface area contributed by atoms with Crippen LogP contribution in [0.1, 0.15) is 31.4 Å².